The molecule has 4 heteroatoms. The van der Waals surface area contributed by atoms with Crippen LogP contribution in [0.2, 0.25) is 0 Å². The van der Waals surface area contributed by atoms with Crippen LogP contribution >= 0.6 is 23.6 Å². The van der Waals surface area contributed by atoms with E-state index in [4.69, 9.17) is 12.2 Å². The summed E-state index contributed by atoms with van der Waals surface area (Å²) in [7, 11) is 0. The number of thiazole rings is 1. The van der Waals surface area contributed by atoms with Gasteiger partial charge in [-0.05, 0) is 38.1 Å². The summed E-state index contributed by atoms with van der Waals surface area (Å²) >= 11 is 6.88. The third-order valence-corrected chi connectivity index (χ3v) is 3.47. The Balaban J connectivity index is 2.18. The van der Waals surface area contributed by atoms with E-state index in [1.165, 1.54) is 12.8 Å². The molecule has 1 N–H and O–H groups in total. The molecule has 1 aliphatic rings. The van der Waals surface area contributed by atoms with Gasteiger partial charge >= 0.3 is 0 Å². The lowest BCUT2D eigenvalue weighted by molar-refractivity contribution is 0.368. The molecule has 0 bridgehead atoms. The summed E-state index contributed by atoms with van der Waals surface area (Å²) < 4.78 is 3.25. The first kappa shape index (κ1) is 8.41. The SMILES string of the molecule is S=c1sccn1C1CCNCC1. The molecule has 2 rings (SSSR count). The van der Waals surface area contributed by atoms with Crippen LogP contribution in [0, 0.1) is 3.95 Å². The monoisotopic (exact) mass is 200 g/mol. The summed E-state index contributed by atoms with van der Waals surface area (Å²) in [6.07, 6.45) is 4.54. The van der Waals surface area contributed by atoms with E-state index in [1.807, 2.05) is 0 Å². The van der Waals surface area contributed by atoms with Gasteiger partial charge in [0, 0.05) is 17.6 Å². The molecule has 66 valence electrons. The van der Waals surface area contributed by atoms with Gasteiger partial charge in [0.15, 0.2) is 3.95 Å². The maximum absolute atomic E-state index is 5.23. The number of nitrogens with zero attached hydrogens (tertiary/aromatic N) is 1. The van der Waals surface area contributed by atoms with Gasteiger partial charge in [0.05, 0.1) is 0 Å². The number of hydrogen-bond acceptors (Lipinski definition) is 3. The van der Waals surface area contributed by atoms with Crippen molar-refractivity contribution in [1.82, 2.24) is 9.88 Å². The molecule has 1 aromatic rings. The number of nitrogens with one attached hydrogen (secondary N) is 1. The fourth-order valence-electron chi connectivity index (χ4n) is 1.63. The molecular weight excluding hydrogens is 188 g/mol. The quantitative estimate of drug-likeness (QED) is 0.700. The number of piperidine rings is 1. The Bertz CT molecular complexity index is 296. The van der Waals surface area contributed by atoms with Crippen molar-refractivity contribution in [3.63, 3.8) is 0 Å². The first-order valence-electron chi connectivity index (χ1n) is 4.24. The minimum Gasteiger partial charge on any atom is -0.327 e. The van der Waals surface area contributed by atoms with Gasteiger partial charge in [-0.25, -0.2) is 0 Å². The summed E-state index contributed by atoms with van der Waals surface area (Å²) in [5, 5.41) is 5.43. The molecule has 0 spiro atoms. The van der Waals surface area contributed by atoms with Crippen LogP contribution in [-0.4, -0.2) is 17.7 Å². The second kappa shape index (κ2) is 3.68. The van der Waals surface area contributed by atoms with Crippen LogP contribution in [0.1, 0.15) is 18.9 Å². The molecule has 1 aromatic heterocycles. The van der Waals surface area contributed by atoms with Crippen molar-refractivity contribution in [2.75, 3.05) is 13.1 Å². The molecule has 1 fully saturated rings. The fourth-order valence-corrected chi connectivity index (χ4v) is 2.65. The zero-order valence-electron chi connectivity index (χ0n) is 6.82. The van der Waals surface area contributed by atoms with Crippen molar-refractivity contribution < 1.29 is 0 Å². The molecule has 0 saturated carbocycles. The van der Waals surface area contributed by atoms with E-state index in [2.05, 4.69) is 21.5 Å². The Kier molecular flexibility index (Phi) is 2.58. The smallest absolute Gasteiger partial charge is 0.161 e. The lowest BCUT2D eigenvalue weighted by Crippen LogP contribution is -2.29. The van der Waals surface area contributed by atoms with Crippen molar-refractivity contribution in [3.05, 3.63) is 15.5 Å². The fraction of sp³-hybridized carbons (Fsp3) is 0.625. The first-order valence-corrected chi connectivity index (χ1v) is 5.53. The molecule has 2 nitrogen and oxygen atoms in total. The Morgan fingerprint density at radius 3 is 2.83 bits per heavy atom. The molecule has 0 radical (unpaired) electrons. The van der Waals surface area contributed by atoms with Crippen LogP contribution in [-0.2, 0) is 0 Å². The highest BCUT2D eigenvalue weighted by molar-refractivity contribution is 7.73. The van der Waals surface area contributed by atoms with Crippen LogP contribution in [0.3, 0.4) is 0 Å². The van der Waals surface area contributed by atoms with Crippen LogP contribution in [0.15, 0.2) is 11.6 Å². The van der Waals surface area contributed by atoms with Crippen LogP contribution in [0.4, 0.5) is 0 Å². The van der Waals surface area contributed by atoms with Gasteiger partial charge < -0.3 is 9.88 Å². The Morgan fingerprint density at radius 1 is 1.50 bits per heavy atom. The van der Waals surface area contributed by atoms with Crippen molar-refractivity contribution in [3.8, 4) is 0 Å². The summed E-state index contributed by atoms with van der Waals surface area (Å²) in [4.78, 5) is 0. The molecule has 1 saturated heterocycles. The zero-order chi connectivity index (χ0) is 8.39. The molecule has 2 heterocycles. The summed E-state index contributed by atoms with van der Waals surface area (Å²) in [6.45, 7) is 2.25. The third-order valence-electron chi connectivity index (χ3n) is 2.30. The summed E-state index contributed by atoms with van der Waals surface area (Å²) in [6, 6.07) is 0.644. The van der Waals surface area contributed by atoms with Crippen molar-refractivity contribution in [2.24, 2.45) is 0 Å². The number of aromatic nitrogens is 1. The molecule has 1 aliphatic heterocycles. The maximum atomic E-state index is 5.23. The normalized spacial score (nSPS) is 19.7. The largest absolute Gasteiger partial charge is 0.327 e. The van der Waals surface area contributed by atoms with Crippen LogP contribution < -0.4 is 5.32 Å². The molecule has 0 unspecified atom stereocenters. The zero-order valence-corrected chi connectivity index (χ0v) is 8.46. The van der Waals surface area contributed by atoms with Crippen molar-refractivity contribution in [1.29, 1.82) is 0 Å². The van der Waals surface area contributed by atoms with Crippen LogP contribution in [0.5, 0.6) is 0 Å². The highest BCUT2D eigenvalue weighted by Crippen LogP contribution is 2.20. The van der Waals surface area contributed by atoms with E-state index in [0.29, 0.717) is 6.04 Å². The van der Waals surface area contributed by atoms with E-state index < -0.39 is 0 Å². The molecule has 0 aromatic carbocycles. The standard InChI is InChI=1S/C8H12N2S2/c11-8-10(5-6-12-8)7-1-3-9-4-2-7/h5-7,9H,1-4H2. The molecule has 0 amide bonds. The van der Waals surface area contributed by atoms with E-state index in [1.54, 1.807) is 11.3 Å². The molecular formula is C8H12N2S2. The van der Waals surface area contributed by atoms with E-state index in [-0.39, 0.29) is 0 Å². The topological polar surface area (TPSA) is 17.0 Å². The van der Waals surface area contributed by atoms with Crippen molar-refractivity contribution >= 4 is 23.6 Å². The second-order valence-corrected chi connectivity index (χ2v) is 4.60. The van der Waals surface area contributed by atoms with Gasteiger partial charge in [-0.3, -0.25) is 0 Å². The van der Waals surface area contributed by atoms with Crippen LogP contribution in [0.25, 0.3) is 0 Å². The molecule has 12 heavy (non-hydrogen) atoms. The van der Waals surface area contributed by atoms with E-state index >= 15 is 0 Å². The summed E-state index contributed by atoms with van der Waals surface area (Å²) in [5.41, 5.74) is 0. The van der Waals surface area contributed by atoms with Gasteiger partial charge in [-0.2, -0.15) is 0 Å². The van der Waals surface area contributed by atoms with Gasteiger partial charge in [0.1, 0.15) is 0 Å². The Hall–Kier alpha value is -0.190. The highest BCUT2D eigenvalue weighted by atomic mass is 32.1. The minimum atomic E-state index is 0.644. The average Bonchev–Trinajstić information content (AvgIpc) is 2.53. The van der Waals surface area contributed by atoms with E-state index in [9.17, 15) is 0 Å². The maximum Gasteiger partial charge on any atom is 0.161 e. The van der Waals surface area contributed by atoms with Gasteiger partial charge in [-0.1, -0.05) is 0 Å². The predicted molar refractivity (Wildman–Crippen MR) is 54.3 cm³/mol. The Labute approximate surface area is 81.2 Å². The highest BCUT2D eigenvalue weighted by Gasteiger charge is 2.14. The predicted octanol–water partition coefficient (Wildman–Crippen LogP) is 2.20. The second-order valence-electron chi connectivity index (χ2n) is 3.06. The van der Waals surface area contributed by atoms with E-state index in [0.717, 1.165) is 17.0 Å². The van der Waals surface area contributed by atoms with Gasteiger partial charge in [0.25, 0.3) is 0 Å². The third kappa shape index (κ3) is 1.60. The Morgan fingerprint density at radius 2 is 2.25 bits per heavy atom. The molecule has 0 aliphatic carbocycles. The number of rotatable bonds is 1. The first-order chi connectivity index (χ1) is 5.88. The number of hydrogen-bond donors (Lipinski definition) is 1. The van der Waals surface area contributed by atoms with Gasteiger partial charge in [-0.15, -0.1) is 11.3 Å². The average molecular weight is 200 g/mol. The van der Waals surface area contributed by atoms with Gasteiger partial charge in [0.2, 0.25) is 0 Å². The molecule has 0 atom stereocenters. The lowest BCUT2D eigenvalue weighted by Gasteiger charge is -2.23. The summed E-state index contributed by atoms with van der Waals surface area (Å²) in [5.74, 6) is 0. The van der Waals surface area contributed by atoms with Crippen molar-refractivity contribution in [2.45, 2.75) is 18.9 Å². The minimum absolute atomic E-state index is 0.644. The lowest BCUT2D eigenvalue weighted by atomic mass is 10.1.